The van der Waals surface area contributed by atoms with Crippen LogP contribution in [0.25, 0.3) is 0 Å². The van der Waals surface area contributed by atoms with Crippen molar-refractivity contribution in [3.05, 3.63) is 29.8 Å². The van der Waals surface area contributed by atoms with E-state index >= 15 is 0 Å². The maximum absolute atomic E-state index is 11.7. The standard InChI is InChI=1S/C13H20N2O2/c1-15(2)13(16)8-11(9-14)10-5-4-6-12(7-10)17-3/h4-7,11H,8-9,14H2,1-3H3. The van der Waals surface area contributed by atoms with Gasteiger partial charge in [0.25, 0.3) is 0 Å². The quantitative estimate of drug-likeness (QED) is 0.836. The minimum Gasteiger partial charge on any atom is -0.497 e. The van der Waals surface area contributed by atoms with E-state index < -0.39 is 0 Å². The van der Waals surface area contributed by atoms with Gasteiger partial charge in [-0.25, -0.2) is 0 Å². The van der Waals surface area contributed by atoms with Crippen molar-refractivity contribution in [3.8, 4) is 5.75 Å². The zero-order valence-corrected chi connectivity index (χ0v) is 10.6. The van der Waals surface area contributed by atoms with Crippen LogP contribution in [0, 0.1) is 0 Å². The molecular formula is C13H20N2O2. The molecule has 0 aliphatic heterocycles. The fourth-order valence-corrected chi connectivity index (χ4v) is 1.63. The molecule has 94 valence electrons. The third-order valence-corrected chi connectivity index (χ3v) is 2.77. The van der Waals surface area contributed by atoms with E-state index in [9.17, 15) is 4.79 Å². The molecule has 2 N–H and O–H groups in total. The molecule has 0 aliphatic rings. The molecule has 0 spiro atoms. The SMILES string of the molecule is COc1cccc(C(CN)CC(=O)N(C)C)c1. The molecule has 0 fully saturated rings. The first-order valence-electron chi connectivity index (χ1n) is 5.62. The maximum atomic E-state index is 11.7. The van der Waals surface area contributed by atoms with Crippen LogP contribution in [0.5, 0.6) is 5.75 Å². The van der Waals surface area contributed by atoms with Gasteiger partial charge in [0.05, 0.1) is 7.11 Å². The predicted molar refractivity (Wildman–Crippen MR) is 68.1 cm³/mol. The molecule has 1 unspecified atom stereocenters. The van der Waals surface area contributed by atoms with Crippen molar-refractivity contribution in [2.45, 2.75) is 12.3 Å². The number of rotatable bonds is 5. The minimum absolute atomic E-state index is 0.0417. The Balaban J connectivity index is 2.82. The number of methoxy groups -OCH3 is 1. The first kappa shape index (κ1) is 13.5. The lowest BCUT2D eigenvalue weighted by Gasteiger charge is -2.18. The van der Waals surface area contributed by atoms with Crippen molar-refractivity contribution >= 4 is 5.91 Å². The largest absolute Gasteiger partial charge is 0.497 e. The number of benzene rings is 1. The Morgan fingerprint density at radius 2 is 2.18 bits per heavy atom. The fourth-order valence-electron chi connectivity index (χ4n) is 1.63. The molecule has 0 saturated carbocycles. The van der Waals surface area contributed by atoms with Gasteiger partial charge in [-0.1, -0.05) is 12.1 Å². The highest BCUT2D eigenvalue weighted by Crippen LogP contribution is 2.23. The lowest BCUT2D eigenvalue weighted by Crippen LogP contribution is -2.26. The molecule has 0 bridgehead atoms. The summed E-state index contributed by atoms with van der Waals surface area (Å²) in [6.07, 6.45) is 0.427. The average Bonchev–Trinajstić information content (AvgIpc) is 2.35. The van der Waals surface area contributed by atoms with Crippen molar-refractivity contribution in [3.63, 3.8) is 0 Å². The average molecular weight is 236 g/mol. The molecule has 0 aliphatic carbocycles. The smallest absolute Gasteiger partial charge is 0.222 e. The Labute approximate surface area is 102 Å². The summed E-state index contributed by atoms with van der Waals surface area (Å²) in [7, 11) is 5.13. The van der Waals surface area contributed by atoms with E-state index in [0.29, 0.717) is 13.0 Å². The number of nitrogens with two attached hydrogens (primary N) is 1. The van der Waals surface area contributed by atoms with E-state index in [2.05, 4.69) is 0 Å². The van der Waals surface area contributed by atoms with Gasteiger partial charge in [0, 0.05) is 26.4 Å². The summed E-state index contributed by atoms with van der Waals surface area (Å²) in [5, 5.41) is 0. The summed E-state index contributed by atoms with van der Waals surface area (Å²) in [5.41, 5.74) is 6.78. The highest BCUT2D eigenvalue weighted by atomic mass is 16.5. The number of hydrogen-bond acceptors (Lipinski definition) is 3. The molecule has 4 heteroatoms. The number of carbonyl (C=O) groups is 1. The first-order valence-corrected chi connectivity index (χ1v) is 5.62. The minimum atomic E-state index is 0.0417. The Bertz CT molecular complexity index is 377. The van der Waals surface area contributed by atoms with Crippen LogP contribution in [0.15, 0.2) is 24.3 Å². The Morgan fingerprint density at radius 1 is 1.47 bits per heavy atom. The van der Waals surface area contributed by atoms with Crippen LogP contribution in [0.4, 0.5) is 0 Å². The summed E-state index contributed by atoms with van der Waals surface area (Å²) in [6, 6.07) is 7.70. The van der Waals surface area contributed by atoms with Crippen LogP contribution in [-0.2, 0) is 4.79 Å². The van der Waals surface area contributed by atoms with Gasteiger partial charge in [-0.05, 0) is 24.2 Å². The second kappa shape index (κ2) is 6.25. The molecular weight excluding hydrogens is 216 g/mol. The molecule has 0 aromatic heterocycles. The van der Waals surface area contributed by atoms with Crippen LogP contribution in [0.3, 0.4) is 0 Å². The summed E-state index contributed by atoms with van der Waals surface area (Å²) in [4.78, 5) is 13.3. The van der Waals surface area contributed by atoms with E-state index in [0.717, 1.165) is 11.3 Å². The molecule has 17 heavy (non-hydrogen) atoms. The third-order valence-electron chi connectivity index (χ3n) is 2.77. The third kappa shape index (κ3) is 3.75. The van der Waals surface area contributed by atoms with Crippen molar-refractivity contribution in [2.75, 3.05) is 27.7 Å². The molecule has 1 rings (SSSR count). The van der Waals surface area contributed by atoms with E-state index in [1.54, 1.807) is 26.1 Å². The van der Waals surface area contributed by atoms with E-state index in [-0.39, 0.29) is 11.8 Å². The molecule has 0 saturated heterocycles. The van der Waals surface area contributed by atoms with Gasteiger partial charge in [-0.3, -0.25) is 4.79 Å². The summed E-state index contributed by atoms with van der Waals surface area (Å²) < 4.78 is 5.17. The van der Waals surface area contributed by atoms with Crippen molar-refractivity contribution in [2.24, 2.45) is 5.73 Å². The zero-order valence-electron chi connectivity index (χ0n) is 10.6. The fraction of sp³-hybridized carbons (Fsp3) is 0.462. The molecule has 1 atom stereocenters. The summed E-state index contributed by atoms with van der Waals surface area (Å²) in [6.45, 7) is 0.451. The van der Waals surface area contributed by atoms with Crippen molar-refractivity contribution in [1.82, 2.24) is 4.90 Å². The monoisotopic (exact) mass is 236 g/mol. The van der Waals surface area contributed by atoms with Crippen LogP contribution >= 0.6 is 0 Å². The summed E-state index contributed by atoms with van der Waals surface area (Å²) in [5.74, 6) is 0.918. The molecule has 1 amide bonds. The highest BCUT2D eigenvalue weighted by molar-refractivity contribution is 5.76. The second-order valence-corrected chi connectivity index (χ2v) is 4.20. The van der Waals surface area contributed by atoms with Gasteiger partial charge in [0.1, 0.15) is 5.75 Å². The van der Waals surface area contributed by atoms with Crippen LogP contribution in [-0.4, -0.2) is 38.6 Å². The van der Waals surface area contributed by atoms with Gasteiger partial charge in [-0.15, -0.1) is 0 Å². The molecule has 1 aromatic rings. The van der Waals surface area contributed by atoms with Gasteiger partial charge in [-0.2, -0.15) is 0 Å². The van der Waals surface area contributed by atoms with Crippen LogP contribution in [0.1, 0.15) is 17.9 Å². The predicted octanol–water partition coefficient (Wildman–Crippen LogP) is 1.22. The molecule has 0 radical (unpaired) electrons. The number of ether oxygens (including phenoxy) is 1. The molecule has 0 heterocycles. The normalized spacial score (nSPS) is 12.0. The zero-order chi connectivity index (χ0) is 12.8. The van der Waals surface area contributed by atoms with Gasteiger partial charge >= 0.3 is 0 Å². The summed E-state index contributed by atoms with van der Waals surface area (Å²) >= 11 is 0. The molecule has 4 nitrogen and oxygen atoms in total. The highest BCUT2D eigenvalue weighted by Gasteiger charge is 2.16. The van der Waals surface area contributed by atoms with E-state index in [1.807, 2.05) is 24.3 Å². The van der Waals surface area contributed by atoms with Crippen LogP contribution in [0.2, 0.25) is 0 Å². The van der Waals surface area contributed by atoms with E-state index in [1.165, 1.54) is 0 Å². The Morgan fingerprint density at radius 3 is 2.71 bits per heavy atom. The van der Waals surface area contributed by atoms with Crippen molar-refractivity contribution in [1.29, 1.82) is 0 Å². The lowest BCUT2D eigenvalue weighted by atomic mass is 9.95. The number of hydrogen-bond donors (Lipinski definition) is 1. The topological polar surface area (TPSA) is 55.6 Å². The Hall–Kier alpha value is -1.55. The first-order chi connectivity index (χ1) is 8.08. The number of amides is 1. The van der Waals surface area contributed by atoms with Crippen molar-refractivity contribution < 1.29 is 9.53 Å². The number of nitrogens with zero attached hydrogens (tertiary/aromatic N) is 1. The van der Waals surface area contributed by atoms with E-state index in [4.69, 9.17) is 10.5 Å². The second-order valence-electron chi connectivity index (χ2n) is 4.20. The van der Waals surface area contributed by atoms with Gasteiger partial charge in [0.2, 0.25) is 5.91 Å². The lowest BCUT2D eigenvalue weighted by molar-refractivity contribution is -0.129. The number of carbonyl (C=O) groups excluding carboxylic acids is 1. The maximum Gasteiger partial charge on any atom is 0.222 e. The van der Waals surface area contributed by atoms with Crippen LogP contribution < -0.4 is 10.5 Å². The van der Waals surface area contributed by atoms with Gasteiger partial charge < -0.3 is 15.4 Å². The Kier molecular flexibility index (Phi) is 4.97. The molecule has 1 aromatic carbocycles. The van der Waals surface area contributed by atoms with Gasteiger partial charge in [0.15, 0.2) is 0 Å².